The fourth-order valence-electron chi connectivity index (χ4n) is 1.53. The van der Waals surface area contributed by atoms with Crippen LogP contribution in [-0.4, -0.2) is 48.8 Å². The number of likely N-dealkylation sites (tertiary alicyclic amines) is 1. The van der Waals surface area contributed by atoms with E-state index < -0.39 is 0 Å². The number of carbonyl (C=O) groups is 1. The molecule has 0 saturated carbocycles. The van der Waals surface area contributed by atoms with Crippen LogP contribution < -0.4 is 0 Å². The molecule has 1 heterocycles. The second-order valence-electron chi connectivity index (χ2n) is 3.18. The zero-order valence-corrected chi connectivity index (χ0v) is 7.49. The van der Waals surface area contributed by atoms with Crippen LogP contribution in [0.15, 0.2) is 0 Å². The van der Waals surface area contributed by atoms with Crippen molar-refractivity contribution in [3.05, 3.63) is 0 Å². The first-order chi connectivity index (χ1) is 5.65. The maximum atomic E-state index is 10.9. The average Bonchev–Trinajstić information content (AvgIpc) is 2.35. The van der Waals surface area contributed by atoms with Gasteiger partial charge >= 0.3 is 5.97 Å². The van der Waals surface area contributed by atoms with E-state index in [-0.39, 0.29) is 24.5 Å². The number of carbonyl (C=O) groups excluding carboxylic acids is 1. The molecule has 0 bridgehead atoms. The molecule has 0 unspecified atom stereocenters. The van der Waals surface area contributed by atoms with E-state index in [0.717, 1.165) is 13.0 Å². The van der Waals surface area contributed by atoms with Crippen LogP contribution in [0.4, 0.5) is 0 Å². The normalized spacial score (nSPS) is 30.6. The molecule has 0 radical (unpaired) electrons. The summed E-state index contributed by atoms with van der Waals surface area (Å²) in [4.78, 5) is 12.9. The number of hydrogen-bond donors (Lipinski definition) is 1. The Balaban J connectivity index is 2.44. The highest BCUT2D eigenvalue weighted by atomic mass is 16.5. The first-order valence-electron chi connectivity index (χ1n) is 4.10. The number of esters is 1. The highest BCUT2D eigenvalue weighted by Gasteiger charge is 2.31. The number of nitrogens with zero attached hydrogens (tertiary/aromatic N) is 1. The van der Waals surface area contributed by atoms with Gasteiger partial charge in [0.1, 0.15) is 0 Å². The van der Waals surface area contributed by atoms with E-state index in [9.17, 15) is 9.90 Å². The van der Waals surface area contributed by atoms with Gasteiger partial charge in [0.25, 0.3) is 0 Å². The van der Waals surface area contributed by atoms with E-state index in [1.165, 1.54) is 7.11 Å². The lowest BCUT2D eigenvalue weighted by Crippen LogP contribution is -2.34. The van der Waals surface area contributed by atoms with E-state index in [2.05, 4.69) is 4.74 Å². The highest BCUT2D eigenvalue weighted by molar-refractivity contribution is 5.70. The monoisotopic (exact) mass is 173 g/mol. The first-order valence-corrected chi connectivity index (χ1v) is 4.10. The molecule has 70 valence electrons. The molecular formula is C8H15NO3. The van der Waals surface area contributed by atoms with Crippen LogP contribution in [0.2, 0.25) is 0 Å². The van der Waals surface area contributed by atoms with Crippen molar-refractivity contribution in [3.63, 3.8) is 0 Å². The van der Waals surface area contributed by atoms with Crippen LogP contribution in [0, 0.1) is 0 Å². The van der Waals surface area contributed by atoms with E-state index in [0.29, 0.717) is 0 Å². The molecule has 0 aromatic carbocycles. The number of aliphatic hydroxyl groups is 1. The lowest BCUT2D eigenvalue weighted by Gasteiger charge is -2.20. The Labute approximate surface area is 72.1 Å². The predicted molar refractivity (Wildman–Crippen MR) is 43.7 cm³/mol. The van der Waals surface area contributed by atoms with Crippen molar-refractivity contribution in [2.24, 2.45) is 0 Å². The summed E-state index contributed by atoms with van der Waals surface area (Å²) < 4.78 is 4.53. The van der Waals surface area contributed by atoms with Gasteiger partial charge in [-0.15, -0.1) is 0 Å². The van der Waals surface area contributed by atoms with Gasteiger partial charge in [-0.2, -0.15) is 0 Å². The molecule has 0 aromatic rings. The molecule has 1 aliphatic rings. The Kier molecular flexibility index (Phi) is 3.05. The Morgan fingerprint density at radius 1 is 1.75 bits per heavy atom. The number of aliphatic hydroxyl groups excluding tert-OH is 1. The minimum absolute atomic E-state index is 0.0579. The van der Waals surface area contributed by atoms with E-state index in [4.69, 9.17) is 0 Å². The summed E-state index contributed by atoms with van der Waals surface area (Å²) in [5.74, 6) is -0.257. The zero-order valence-electron chi connectivity index (χ0n) is 7.49. The van der Waals surface area contributed by atoms with Crippen LogP contribution in [0.5, 0.6) is 0 Å². The molecule has 2 atom stereocenters. The molecule has 12 heavy (non-hydrogen) atoms. The molecule has 4 heteroatoms. The number of hydrogen-bond acceptors (Lipinski definition) is 4. The summed E-state index contributed by atoms with van der Waals surface area (Å²) in [6, 6.07) is -0.0579. The number of rotatable bonds is 2. The number of methoxy groups -OCH3 is 1. The fourth-order valence-corrected chi connectivity index (χ4v) is 1.53. The number of ether oxygens (including phenoxy) is 1. The molecule has 0 aliphatic carbocycles. The van der Waals surface area contributed by atoms with E-state index in [1.54, 1.807) is 0 Å². The molecule has 0 spiro atoms. The topological polar surface area (TPSA) is 49.8 Å². The summed E-state index contributed by atoms with van der Waals surface area (Å²) in [6.07, 6.45) is 0.654. The quantitative estimate of drug-likeness (QED) is 0.578. The van der Waals surface area contributed by atoms with Gasteiger partial charge in [0.2, 0.25) is 0 Å². The van der Waals surface area contributed by atoms with Crippen molar-refractivity contribution in [1.29, 1.82) is 0 Å². The largest absolute Gasteiger partial charge is 0.469 e. The van der Waals surface area contributed by atoms with Gasteiger partial charge in [-0.05, 0) is 13.5 Å². The van der Waals surface area contributed by atoms with Gasteiger partial charge in [0, 0.05) is 12.6 Å². The molecule has 1 N–H and O–H groups in total. The fraction of sp³-hybridized carbons (Fsp3) is 0.875. The van der Waals surface area contributed by atoms with E-state index >= 15 is 0 Å². The van der Waals surface area contributed by atoms with Crippen molar-refractivity contribution in [3.8, 4) is 0 Å². The molecule has 1 rings (SSSR count). The van der Waals surface area contributed by atoms with Crippen LogP contribution in [0.25, 0.3) is 0 Å². The molecule has 0 amide bonds. The van der Waals surface area contributed by atoms with Crippen LogP contribution in [0.3, 0.4) is 0 Å². The SMILES string of the molecule is COC(=O)C[C@@H]1[C@@H](O)CCN1C. The minimum atomic E-state index is -0.380. The second-order valence-corrected chi connectivity index (χ2v) is 3.18. The minimum Gasteiger partial charge on any atom is -0.469 e. The smallest absolute Gasteiger partial charge is 0.307 e. The molecule has 4 nitrogen and oxygen atoms in total. The molecular weight excluding hydrogens is 158 g/mol. The van der Waals surface area contributed by atoms with Gasteiger partial charge in [0.05, 0.1) is 19.6 Å². The highest BCUT2D eigenvalue weighted by Crippen LogP contribution is 2.18. The van der Waals surface area contributed by atoms with Gasteiger partial charge in [-0.3, -0.25) is 4.79 Å². The van der Waals surface area contributed by atoms with Gasteiger partial charge < -0.3 is 14.7 Å². The average molecular weight is 173 g/mol. The zero-order chi connectivity index (χ0) is 9.14. The van der Waals surface area contributed by atoms with Gasteiger partial charge in [-0.25, -0.2) is 0 Å². The lowest BCUT2D eigenvalue weighted by molar-refractivity contribution is -0.142. The standard InChI is InChI=1S/C8H15NO3/c1-9-4-3-7(10)6(9)5-8(11)12-2/h6-7,10H,3-5H2,1-2H3/t6-,7+/m1/s1. The Morgan fingerprint density at radius 2 is 2.42 bits per heavy atom. The summed E-state index contributed by atoms with van der Waals surface area (Å²) in [5.41, 5.74) is 0. The summed E-state index contributed by atoms with van der Waals surface area (Å²) in [6.45, 7) is 0.850. The third kappa shape index (κ3) is 1.95. The van der Waals surface area contributed by atoms with Gasteiger partial charge in [0.15, 0.2) is 0 Å². The van der Waals surface area contributed by atoms with Crippen molar-refractivity contribution in [2.45, 2.75) is 25.0 Å². The van der Waals surface area contributed by atoms with Gasteiger partial charge in [-0.1, -0.05) is 0 Å². The summed E-state index contributed by atoms with van der Waals surface area (Å²) in [5, 5.41) is 9.45. The van der Waals surface area contributed by atoms with Crippen molar-refractivity contribution >= 4 is 5.97 Å². The Hall–Kier alpha value is -0.610. The van der Waals surface area contributed by atoms with Crippen LogP contribution in [-0.2, 0) is 9.53 Å². The molecule has 1 fully saturated rings. The number of likely N-dealkylation sites (N-methyl/N-ethyl adjacent to an activating group) is 1. The summed E-state index contributed by atoms with van der Waals surface area (Å²) in [7, 11) is 3.27. The van der Waals surface area contributed by atoms with Crippen molar-refractivity contribution in [2.75, 3.05) is 20.7 Å². The van der Waals surface area contributed by atoms with Crippen LogP contribution >= 0.6 is 0 Å². The molecule has 1 saturated heterocycles. The third-order valence-electron chi connectivity index (χ3n) is 2.39. The lowest BCUT2D eigenvalue weighted by atomic mass is 10.1. The maximum absolute atomic E-state index is 10.9. The molecule has 0 aromatic heterocycles. The summed E-state index contributed by atoms with van der Waals surface area (Å²) >= 11 is 0. The Bertz CT molecular complexity index is 162. The first kappa shape index (κ1) is 9.48. The van der Waals surface area contributed by atoms with Crippen LogP contribution in [0.1, 0.15) is 12.8 Å². The van der Waals surface area contributed by atoms with Crippen molar-refractivity contribution in [1.82, 2.24) is 4.90 Å². The molecule has 1 aliphatic heterocycles. The Morgan fingerprint density at radius 3 is 2.83 bits per heavy atom. The van der Waals surface area contributed by atoms with E-state index in [1.807, 2.05) is 11.9 Å². The predicted octanol–water partition coefficient (Wildman–Crippen LogP) is -0.386. The third-order valence-corrected chi connectivity index (χ3v) is 2.39. The van der Waals surface area contributed by atoms with Crippen molar-refractivity contribution < 1.29 is 14.6 Å². The second kappa shape index (κ2) is 3.87. The maximum Gasteiger partial charge on any atom is 0.307 e.